The van der Waals surface area contributed by atoms with Gasteiger partial charge in [-0.3, -0.25) is 10.1 Å². The number of amides is 2. The fraction of sp³-hybridized carbons (Fsp3) is 0.579. The third-order valence-electron chi connectivity index (χ3n) is 5.31. The Morgan fingerprint density at radius 3 is 2.60 bits per heavy atom. The number of anilines is 1. The molecule has 1 N–H and O–H groups in total. The Morgan fingerprint density at radius 2 is 1.88 bits per heavy atom. The number of carbonyl (C=O) groups excluding carboxylic acids is 2. The average molecular weight is 348 g/mol. The van der Waals surface area contributed by atoms with Crippen LogP contribution < -0.4 is 5.32 Å². The summed E-state index contributed by atoms with van der Waals surface area (Å²) in [4.78, 5) is 26.0. The lowest BCUT2D eigenvalue weighted by molar-refractivity contribution is -0.132. The number of nitrogens with one attached hydrogen (secondary N) is 1. The minimum absolute atomic E-state index is 0.0612. The first kappa shape index (κ1) is 17.7. The highest BCUT2D eigenvalue weighted by Crippen LogP contribution is 2.42. The standard InChI is InChI=1S/C19H25FN2O3/c20-15-5-7-16(8-6-15)21-18(24)25-14-4-13-22-17(23)9-12-19(22)10-2-1-3-11-19/h5-8H,1-4,9-14H2,(H,21,24). The van der Waals surface area contributed by atoms with Crippen molar-refractivity contribution >= 4 is 17.7 Å². The molecule has 2 amide bonds. The Bertz CT molecular complexity index is 612. The summed E-state index contributed by atoms with van der Waals surface area (Å²) in [6.07, 6.45) is 7.53. The molecule has 5 nitrogen and oxygen atoms in total. The predicted molar refractivity (Wildman–Crippen MR) is 92.8 cm³/mol. The van der Waals surface area contributed by atoms with E-state index in [1.54, 1.807) is 0 Å². The normalized spacial score (nSPS) is 19.2. The van der Waals surface area contributed by atoms with Gasteiger partial charge >= 0.3 is 6.09 Å². The highest BCUT2D eigenvalue weighted by atomic mass is 19.1. The molecule has 0 aromatic heterocycles. The number of halogens is 1. The van der Waals surface area contributed by atoms with E-state index < -0.39 is 6.09 Å². The molecule has 2 aliphatic rings. The SMILES string of the molecule is O=C(Nc1ccc(F)cc1)OCCCN1C(=O)CCC12CCCCC2. The third kappa shape index (κ3) is 4.30. The number of hydrogen-bond donors (Lipinski definition) is 1. The van der Waals surface area contributed by atoms with Crippen LogP contribution in [0, 0.1) is 5.82 Å². The van der Waals surface area contributed by atoms with Crippen LogP contribution >= 0.6 is 0 Å². The van der Waals surface area contributed by atoms with Gasteiger partial charge in [0.15, 0.2) is 0 Å². The highest BCUT2D eigenvalue weighted by Gasteiger charge is 2.44. The first-order valence-corrected chi connectivity index (χ1v) is 9.09. The zero-order chi connectivity index (χ0) is 17.7. The number of hydrogen-bond acceptors (Lipinski definition) is 3. The molecule has 1 saturated carbocycles. The van der Waals surface area contributed by atoms with Crippen LogP contribution in [0.1, 0.15) is 51.4 Å². The number of rotatable bonds is 5. The molecule has 0 bridgehead atoms. The smallest absolute Gasteiger partial charge is 0.411 e. The largest absolute Gasteiger partial charge is 0.449 e. The number of nitrogens with zero attached hydrogens (tertiary/aromatic N) is 1. The summed E-state index contributed by atoms with van der Waals surface area (Å²) in [5, 5.41) is 2.55. The van der Waals surface area contributed by atoms with E-state index in [4.69, 9.17) is 4.74 Å². The van der Waals surface area contributed by atoms with Crippen molar-refractivity contribution in [1.29, 1.82) is 0 Å². The van der Waals surface area contributed by atoms with Gasteiger partial charge in [0.1, 0.15) is 5.82 Å². The summed E-state index contributed by atoms with van der Waals surface area (Å²) in [5.41, 5.74) is 0.549. The van der Waals surface area contributed by atoms with Crippen LogP contribution in [0.4, 0.5) is 14.9 Å². The molecule has 3 rings (SSSR count). The average Bonchev–Trinajstić information content (AvgIpc) is 2.90. The molecule has 1 aliphatic carbocycles. The Morgan fingerprint density at radius 1 is 1.16 bits per heavy atom. The maximum atomic E-state index is 12.8. The molecular weight excluding hydrogens is 323 g/mol. The molecule has 0 radical (unpaired) electrons. The van der Waals surface area contributed by atoms with Gasteiger partial charge in [-0.2, -0.15) is 0 Å². The van der Waals surface area contributed by atoms with Crippen LogP contribution in [-0.2, 0) is 9.53 Å². The van der Waals surface area contributed by atoms with E-state index in [9.17, 15) is 14.0 Å². The van der Waals surface area contributed by atoms with Gasteiger partial charge in [-0.25, -0.2) is 9.18 Å². The molecule has 136 valence electrons. The Kier molecular flexibility index (Phi) is 5.56. The van der Waals surface area contributed by atoms with Gasteiger partial charge in [0, 0.05) is 24.2 Å². The van der Waals surface area contributed by atoms with E-state index in [-0.39, 0.29) is 23.9 Å². The number of carbonyl (C=O) groups is 2. The van der Waals surface area contributed by atoms with E-state index in [0.717, 1.165) is 19.3 Å². The van der Waals surface area contributed by atoms with Crippen LogP contribution in [0.3, 0.4) is 0 Å². The van der Waals surface area contributed by atoms with E-state index in [1.807, 2.05) is 4.90 Å². The van der Waals surface area contributed by atoms with Crippen molar-refractivity contribution in [2.24, 2.45) is 0 Å². The second-order valence-electron chi connectivity index (χ2n) is 6.95. The first-order chi connectivity index (χ1) is 12.1. The van der Waals surface area contributed by atoms with Gasteiger partial charge in [0.05, 0.1) is 6.61 Å². The first-order valence-electron chi connectivity index (χ1n) is 9.09. The summed E-state index contributed by atoms with van der Waals surface area (Å²) in [7, 11) is 0. The second kappa shape index (κ2) is 7.85. The molecule has 0 atom stereocenters. The zero-order valence-corrected chi connectivity index (χ0v) is 14.4. The molecule has 1 aromatic rings. The number of likely N-dealkylation sites (tertiary alicyclic amines) is 1. The Hall–Kier alpha value is -2.11. The van der Waals surface area contributed by atoms with E-state index >= 15 is 0 Å². The minimum Gasteiger partial charge on any atom is -0.449 e. The van der Waals surface area contributed by atoms with Crippen molar-refractivity contribution in [1.82, 2.24) is 4.90 Å². The molecule has 25 heavy (non-hydrogen) atoms. The lowest BCUT2D eigenvalue weighted by Gasteiger charge is -2.41. The van der Waals surface area contributed by atoms with Crippen LogP contribution in [0.15, 0.2) is 24.3 Å². The number of benzene rings is 1. The molecule has 1 spiro atoms. The van der Waals surface area contributed by atoms with Crippen LogP contribution in [-0.4, -0.2) is 35.6 Å². The molecule has 0 unspecified atom stereocenters. The molecule has 2 fully saturated rings. The summed E-state index contributed by atoms with van der Waals surface area (Å²) in [5.74, 6) is -0.122. The molecule has 1 saturated heterocycles. The van der Waals surface area contributed by atoms with Crippen LogP contribution in [0.25, 0.3) is 0 Å². The van der Waals surface area contributed by atoms with Gasteiger partial charge in [0.2, 0.25) is 5.91 Å². The Labute approximate surface area is 147 Å². The van der Waals surface area contributed by atoms with Crippen molar-refractivity contribution in [2.45, 2.75) is 56.9 Å². The summed E-state index contributed by atoms with van der Waals surface area (Å²) in [6.45, 7) is 0.898. The maximum Gasteiger partial charge on any atom is 0.411 e. The van der Waals surface area contributed by atoms with Gasteiger partial charge in [-0.05, 0) is 49.9 Å². The lowest BCUT2D eigenvalue weighted by atomic mass is 9.80. The summed E-state index contributed by atoms with van der Waals surface area (Å²) >= 11 is 0. The maximum absolute atomic E-state index is 12.8. The summed E-state index contributed by atoms with van der Waals surface area (Å²) in [6, 6.07) is 5.51. The minimum atomic E-state index is -0.563. The van der Waals surface area contributed by atoms with Crippen molar-refractivity contribution in [2.75, 3.05) is 18.5 Å². The van der Waals surface area contributed by atoms with E-state index in [0.29, 0.717) is 25.1 Å². The molecule has 6 heteroatoms. The summed E-state index contributed by atoms with van der Waals surface area (Å²) < 4.78 is 18.0. The van der Waals surface area contributed by atoms with E-state index in [1.165, 1.54) is 43.5 Å². The van der Waals surface area contributed by atoms with Crippen molar-refractivity contribution in [3.05, 3.63) is 30.1 Å². The fourth-order valence-corrected chi connectivity index (χ4v) is 4.04. The monoisotopic (exact) mass is 348 g/mol. The molecule has 1 aliphatic heterocycles. The van der Waals surface area contributed by atoms with Gasteiger partial charge in [-0.15, -0.1) is 0 Å². The fourth-order valence-electron chi connectivity index (χ4n) is 4.04. The predicted octanol–water partition coefficient (Wildman–Crippen LogP) is 4.09. The van der Waals surface area contributed by atoms with Crippen LogP contribution in [0.5, 0.6) is 0 Å². The molecular formula is C19H25FN2O3. The van der Waals surface area contributed by atoms with Crippen LogP contribution in [0.2, 0.25) is 0 Å². The zero-order valence-electron chi connectivity index (χ0n) is 14.4. The number of ether oxygens (including phenoxy) is 1. The highest BCUT2D eigenvalue weighted by molar-refractivity contribution is 5.84. The second-order valence-corrected chi connectivity index (χ2v) is 6.95. The molecule has 1 heterocycles. The Balaban J connectivity index is 1.42. The topological polar surface area (TPSA) is 58.6 Å². The quantitative estimate of drug-likeness (QED) is 0.816. The van der Waals surface area contributed by atoms with Gasteiger partial charge in [-0.1, -0.05) is 19.3 Å². The van der Waals surface area contributed by atoms with Crippen molar-refractivity contribution < 1.29 is 18.7 Å². The molecule has 1 aromatic carbocycles. The lowest BCUT2D eigenvalue weighted by Crippen LogP contribution is -2.47. The third-order valence-corrected chi connectivity index (χ3v) is 5.31. The van der Waals surface area contributed by atoms with Crippen molar-refractivity contribution in [3.63, 3.8) is 0 Å². The van der Waals surface area contributed by atoms with Gasteiger partial charge in [0.25, 0.3) is 0 Å². The van der Waals surface area contributed by atoms with Crippen molar-refractivity contribution in [3.8, 4) is 0 Å². The van der Waals surface area contributed by atoms with E-state index in [2.05, 4.69) is 5.32 Å². The van der Waals surface area contributed by atoms with Gasteiger partial charge < -0.3 is 9.64 Å².